The Morgan fingerprint density at radius 1 is 1.11 bits per heavy atom. The normalized spacial score (nSPS) is 10.7. The second-order valence-electron chi connectivity index (χ2n) is 4.52. The van der Waals surface area contributed by atoms with E-state index in [1.165, 1.54) is 11.1 Å². The molecule has 1 aromatic carbocycles. The highest BCUT2D eigenvalue weighted by Crippen LogP contribution is 2.26. The number of benzene rings is 1. The van der Waals surface area contributed by atoms with E-state index in [-0.39, 0.29) is 0 Å². The molecule has 0 amide bonds. The summed E-state index contributed by atoms with van der Waals surface area (Å²) in [5, 5.41) is 3.34. The minimum atomic E-state index is 0.690. The first-order valence-corrected chi connectivity index (χ1v) is 7.62. The Bertz CT molecular complexity index is 359. The number of halogens is 1. The molecule has 1 rings (SSSR count). The lowest BCUT2D eigenvalue weighted by molar-refractivity contribution is 0.144. The molecule has 19 heavy (non-hydrogen) atoms. The summed E-state index contributed by atoms with van der Waals surface area (Å²) < 4.78 is 12.2. The molecule has 0 aromatic heterocycles. The summed E-state index contributed by atoms with van der Waals surface area (Å²) >= 11 is 3.56. The standard InChI is InChI=1S/C15H24BrNO2/c1-4-18-8-5-6-17-7-9-19-14-10-12(2)15(16)13(3)11-14/h10-11,17H,4-9H2,1-3H3. The maximum atomic E-state index is 5.74. The van der Waals surface area contributed by atoms with E-state index in [1.807, 2.05) is 6.92 Å². The Kier molecular flexibility index (Phi) is 8.10. The number of rotatable bonds is 9. The van der Waals surface area contributed by atoms with Crippen molar-refractivity contribution in [3.8, 4) is 5.75 Å². The fourth-order valence-corrected chi connectivity index (χ4v) is 2.03. The maximum Gasteiger partial charge on any atom is 0.119 e. The Balaban J connectivity index is 2.16. The van der Waals surface area contributed by atoms with Crippen LogP contribution in [-0.2, 0) is 4.74 Å². The monoisotopic (exact) mass is 329 g/mol. The number of nitrogens with one attached hydrogen (secondary N) is 1. The highest BCUT2D eigenvalue weighted by molar-refractivity contribution is 9.10. The Morgan fingerprint density at radius 3 is 2.42 bits per heavy atom. The van der Waals surface area contributed by atoms with Crippen LogP contribution in [0.4, 0.5) is 0 Å². The molecule has 0 fully saturated rings. The van der Waals surface area contributed by atoms with Crippen LogP contribution in [0.3, 0.4) is 0 Å². The molecule has 0 aliphatic carbocycles. The zero-order chi connectivity index (χ0) is 14.1. The van der Waals surface area contributed by atoms with Gasteiger partial charge in [-0.3, -0.25) is 0 Å². The van der Waals surface area contributed by atoms with Crippen molar-refractivity contribution in [2.45, 2.75) is 27.2 Å². The summed E-state index contributed by atoms with van der Waals surface area (Å²) in [4.78, 5) is 0. The lowest BCUT2D eigenvalue weighted by Gasteiger charge is -2.10. The molecule has 1 N–H and O–H groups in total. The molecule has 0 radical (unpaired) electrons. The highest BCUT2D eigenvalue weighted by Gasteiger charge is 2.02. The van der Waals surface area contributed by atoms with Gasteiger partial charge >= 0.3 is 0 Å². The average Bonchev–Trinajstić information content (AvgIpc) is 2.39. The average molecular weight is 330 g/mol. The van der Waals surface area contributed by atoms with Gasteiger partial charge in [0.25, 0.3) is 0 Å². The van der Waals surface area contributed by atoms with Gasteiger partial charge in [-0.1, -0.05) is 15.9 Å². The van der Waals surface area contributed by atoms with Crippen LogP contribution in [0.2, 0.25) is 0 Å². The van der Waals surface area contributed by atoms with Gasteiger partial charge < -0.3 is 14.8 Å². The molecule has 0 unspecified atom stereocenters. The van der Waals surface area contributed by atoms with Crippen LogP contribution >= 0.6 is 15.9 Å². The van der Waals surface area contributed by atoms with Gasteiger partial charge in [-0.05, 0) is 57.0 Å². The maximum absolute atomic E-state index is 5.74. The van der Waals surface area contributed by atoms with Gasteiger partial charge in [0.1, 0.15) is 12.4 Å². The molecule has 0 saturated heterocycles. The van der Waals surface area contributed by atoms with Crippen molar-refractivity contribution in [1.29, 1.82) is 0 Å². The van der Waals surface area contributed by atoms with Gasteiger partial charge in [-0.2, -0.15) is 0 Å². The van der Waals surface area contributed by atoms with Gasteiger partial charge in [0.05, 0.1) is 0 Å². The zero-order valence-corrected chi connectivity index (χ0v) is 13.7. The van der Waals surface area contributed by atoms with Gasteiger partial charge in [0.15, 0.2) is 0 Å². The van der Waals surface area contributed by atoms with E-state index < -0.39 is 0 Å². The minimum Gasteiger partial charge on any atom is -0.492 e. The molecule has 1 aromatic rings. The summed E-state index contributed by atoms with van der Waals surface area (Å²) in [6.45, 7) is 10.3. The number of ether oxygens (including phenoxy) is 2. The van der Waals surface area contributed by atoms with Crippen molar-refractivity contribution >= 4 is 15.9 Å². The lowest BCUT2D eigenvalue weighted by Crippen LogP contribution is -2.23. The molecule has 3 nitrogen and oxygen atoms in total. The molecule has 0 bridgehead atoms. The summed E-state index contributed by atoms with van der Waals surface area (Å²) in [5.74, 6) is 0.939. The van der Waals surface area contributed by atoms with E-state index in [4.69, 9.17) is 9.47 Å². The molecule has 0 spiro atoms. The van der Waals surface area contributed by atoms with Gasteiger partial charge in [-0.25, -0.2) is 0 Å². The summed E-state index contributed by atoms with van der Waals surface area (Å²) in [6.07, 6.45) is 1.05. The Morgan fingerprint density at radius 2 is 1.79 bits per heavy atom. The smallest absolute Gasteiger partial charge is 0.119 e. The Labute approximate surface area is 124 Å². The molecule has 0 atom stereocenters. The second-order valence-corrected chi connectivity index (χ2v) is 5.31. The van der Waals surface area contributed by atoms with E-state index >= 15 is 0 Å². The largest absolute Gasteiger partial charge is 0.492 e. The first-order chi connectivity index (χ1) is 9.15. The van der Waals surface area contributed by atoms with Gasteiger partial charge in [-0.15, -0.1) is 0 Å². The lowest BCUT2D eigenvalue weighted by atomic mass is 10.1. The quantitative estimate of drug-likeness (QED) is 0.704. The van der Waals surface area contributed by atoms with E-state index in [1.54, 1.807) is 0 Å². The molecule has 0 aliphatic heterocycles. The molecular formula is C15H24BrNO2. The number of hydrogen-bond acceptors (Lipinski definition) is 3. The molecular weight excluding hydrogens is 306 g/mol. The summed E-state index contributed by atoms with van der Waals surface area (Å²) in [7, 11) is 0. The van der Waals surface area contributed by atoms with Crippen molar-refractivity contribution in [1.82, 2.24) is 5.32 Å². The molecule has 0 aliphatic rings. The first-order valence-electron chi connectivity index (χ1n) is 6.83. The first kappa shape index (κ1) is 16.5. The van der Waals surface area contributed by atoms with Crippen molar-refractivity contribution < 1.29 is 9.47 Å². The third-order valence-electron chi connectivity index (χ3n) is 2.80. The highest BCUT2D eigenvalue weighted by atomic mass is 79.9. The Hall–Kier alpha value is -0.580. The molecule has 0 heterocycles. The van der Waals surface area contributed by atoms with Crippen molar-refractivity contribution in [2.75, 3.05) is 32.9 Å². The van der Waals surface area contributed by atoms with E-state index in [0.717, 1.165) is 42.9 Å². The van der Waals surface area contributed by atoms with Crippen LogP contribution < -0.4 is 10.1 Å². The van der Waals surface area contributed by atoms with Crippen LogP contribution in [0.15, 0.2) is 16.6 Å². The van der Waals surface area contributed by atoms with E-state index in [0.29, 0.717) is 6.61 Å². The third kappa shape index (κ3) is 6.41. The van der Waals surface area contributed by atoms with Crippen LogP contribution in [0.1, 0.15) is 24.5 Å². The van der Waals surface area contributed by atoms with Gasteiger partial charge in [0.2, 0.25) is 0 Å². The van der Waals surface area contributed by atoms with Crippen LogP contribution in [0.5, 0.6) is 5.75 Å². The third-order valence-corrected chi connectivity index (χ3v) is 4.05. The predicted molar refractivity (Wildman–Crippen MR) is 83.1 cm³/mol. The van der Waals surface area contributed by atoms with E-state index in [2.05, 4.69) is 47.2 Å². The fourth-order valence-electron chi connectivity index (χ4n) is 1.80. The minimum absolute atomic E-state index is 0.690. The predicted octanol–water partition coefficient (Wildman–Crippen LogP) is 3.46. The number of aryl methyl sites for hydroxylation is 2. The van der Waals surface area contributed by atoms with Gasteiger partial charge in [0, 0.05) is 24.2 Å². The van der Waals surface area contributed by atoms with Crippen molar-refractivity contribution in [3.05, 3.63) is 27.7 Å². The van der Waals surface area contributed by atoms with Crippen LogP contribution in [0, 0.1) is 13.8 Å². The topological polar surface area (TPSA) is 30.5 Å². The zero-order valence-electron chi connectivity index (χ0n) is 12.1. The van der Waals surface area contributed by atoms with Crippen LogP contribution in [0.25, 0.3) is 0 Å². The summed E-state index contributed by atoms with van der Waals surface area (Å²) in [6, 6.07) is 4.12. The molecule has 4 heteroatoms. The van der Waals surface area contributed by atoms with Crippen molar-refractivity contribution in [3.63, 3.8) is 0 Å². The summed E-state index contributed by atoms with van der Waals surface area (Å²) in [5.41, 5.74) is 2.42. The van der Waals surface area contributed by atoms with E-state index in [9.17, 15) is 0 Å². The number of hydrogen-bond donors (Lipinski definition) is 1. The SMILES string of the molecule is CCOCCCNCCOc1cc(C)c(Br)c(C)c1. The second kappa shape index (κ2) is 9.34. The fraction of sp³-hybridized carbons (Fsp3) is 0.600. The van der Waals surface area contributed by atoms with Crippen LogP contribution in [-0.4, -0.2) is 32.9 Å². The molecule has 0 saturated carbocycles. The van der Waals surface area contributed by atoms with Crippen molar-refractivity contribution in [2.24, 2.45) is 0 Å². The molecule has 108 valence electrons.